The first-order valence-electron chi connectivity index (χ1n) is 6.80. The van der Waals surface area contributed by atoms with Crippen molar-refractivity contribution < 1.29 is 28.6 Å². The van der Waals surface area contributed by atoms with Gasteiger partial charge >= 0.3 is 11.9 Å². The van der Waals surface area contributed by atoms with E-state index in [-0.39, 0.29) is 5.82 Å². The minimum Gasteiger partial charge on any atom is -0.481 e. The summed E-state index contributed by atoms with van der Waals surface area (Å²) in [4.78, 5) is 34.6. The molecule has 2 N–H and O–H groups in total. The maximum absolute atomic E-state index is 13.2. The second kappa shape index (κ2) is 6.55. The van der Waals surface area contributed by atoms with E-state index in [4.69, 9.17) is 5.11 Å². The van der Waals surface area contributed by atoms with Crippen LogP contribution >= 0.6 is 0 Å². The number of aryl methyl sites for hydroxylation is 1. The van der Waals surface area contributed by atoms with E-state index in [2.05, 4.69) is 10.1 Å². The van der Waals surface area contributed by atoms with Crippen molar-refractivity contribution in [1.82, 2.24) is 5.32 Å². The van der Waals surface area contributed by atoms with Crippen LogP contribution in [0.3, 0.4) is 0 Å². The van der Waals surface area contributed by atoms with E-state index in [0.717, 1.165) is 12.7 Å². The molecule has 118 valence electrons. The smallest absolute Gasteiger partial charge is 0.328 e. The van der Waals surface area contributed by atoms with Crippen LogP contribution in [-0.2, 0) is 25.5 Å². The van der Waals surface area contributed by atoms with E-state index >= 15 is 0 Å². The number of esters is 1. The number of hydrogen-bond acceptors (Lipinski definition) is 4. The fourth-order valence-corrected chi connectivity index (χ4v) is 2.64. The monoisotopic (exact) mass is 309 g/mol. The average molecular weight is 309 g/mol. The Labute approximate surface area is 126 Å². The normalized spacial score (nSPS) is 17.5. The van der Waals surface area contributed by atoms with Crippen LogP contribution in [0.15, 0.2) is 18.2 Å². The van der Waals surface area contributed by atoms with Gasteiger partial charge in [-0.1, -0.05) is 6.07 Å². The first-order valence-corrected chi connectivity index (χ1v) is 6.80. The highest BCUT2D eigenvalue weighted by Crippen LogP contribution is 2.33. The number of amides is 1. The molecule has 22 heavy (non-hydrogen) atoms. The summed E-state index contributed by atoms with van der Waals surface area (Å²) in [5.41, 5.74) is 1.46. The van der Waals surface area contributed by atoms with Crippen molar-refractivity contribution in [1.29, 1.82) is 0 Å². The van der Waals surface area contributed by atoms with Crippen molar-refractivity contribution in [2.75, 3.05) is 7.11 Å². The Kier molecular flexibility index (Phi) is 4.75. The number of fused-ring (bicyclic) bond motifs is 1. The first-order chi connectivity index (χ1) is 10.4. The van der Waals surface area contributed by atoms with Gasteiger partial charge in [-0.25, -0.2) is 9.18 Å². The number of hydrogen-bond donors (Lipinski definition) is 2. The van der Waals surface area contributed by atoms with E-state index in [1.165, 1.54) is 12.1 Å². The Morgan fingerprint density at radius 3 is 2.82 bits per heavy atom. The lowest BCUT2D eigenvalue weighted by molar-refractivity contribution is -0.149. The minimum atomic E-state index is -1.24. The third kappa shape index (κ3) is 3.41. The van der Waals surface area contributed by atoms with Crippen LogP contribution in [0.5, 0.6) is 0 Å². The second-order valence-corrected chi connectivity index (χ2v) is 5.12. The number of nitrogens with one attached hydrogen (secondary N) is 1. The lowest BCUT2D eigenvalue weighted by Crippen LogP contribution is -2.44. The third-order valence-electron chi connectivity index (χ3n) is 3.68. The van der Waals surface area contributed by atoms with E-state index in [9.17, 15) is 18.8 Å². The lowest BCUT2D eigenvalue weighted by atomic mass is 9.99. The summed E-state index contributed by atoms with van der Waals surface area (Å²) in [5, 5.41) is 11.2. The van der Waals surface area contributed by atoms with Gasteiger partial charge in [0.1, 0.15) is 11.9 Å². The highest BCUT2D eigenvalue weighted by atomic mass is 19.1. The zero-order valence-corrected chi connectivity index (χ0v) is 12.0. The Morgan fingerprint density at radius 2 is 2.18 bits per heavy atom. The number of ether oxygens (including phenoxy) is 1. The first kappa shape index (κ1) is 15.9. The SMILES string of the molecule is COC(=O)[C@H](CC(=O)O)NC(=O)C1CCc2cc(F)ccc21. The molecule has 0 heterocycles. The van der Waals surface area contributed by atoms with Crippen molar-refractivity contribution in [3.63, 3.8) is 0 Å². The molecular formula is C15H16FNO5. The summed E-state index contributed by atoms with van der Waals surface area (Å²) in [7, 11) is 1.12. The highest BCUT2D eigenvalue weighted by Gasteiger charge is 2.32. The van der Waals surface area contributed by atoms with Crippen LogP contribution in [0.4, 0.5) is 4.39 Å². The van der Waals surface area contributed by atoms with E-state index < -0.39 is 36.2 Å². The Morgan fingerprint density at radius 1 is 1.45 bits per heavy atom. The Hall–Kier alpha value is -2.44. The van der Waals surface area contributed by atoms with Crippen molar-refractivity contribution in [2.24, 2.45) is 0 Å². The Bertz CT molecular complexity index is 616. The number of carboxylic acids is 1. The fourth-order valence-electron chi connectivity index (χ4n) is 2.64. The molecule has 1 aromatic carbocycles. The number of rotatable bonds is 5. The zero-order chi connectivity index (χ0) is 16.3. The van der Waals surface area contributed by atoms with Gasteiger partial charge in [0.2, 0.25) is 5.91 Å². The van der Waals surface area contributed by atoms with Gasteiger partial charge in [0, 0.05) is 0 Å². The summed E-state index contributed by atoms with van der Waals surface area (Å²) in [6, 6.07) is 2.98. The largest absolute Gasteiger partial charge is 0.481 e. The number of methoxy groups -OCH3 is 1. The molecular weight excluding hydrogens is 293 g/mol. The average Bonchev–Trinajstić information content (AvgIpc) is 2.88. The number of halogens is 1. The van der Waals surface area contributed by atoms with Crippen LogP contribution in [0.25, 0.3) is 0 Å². The number of benzene rings is 1. The standard InChI is InChI=1S/C15H16FNO5/c1-22-15(21)12(7-13(18)19)17-14(20)11-4-2-8-6-9(16)3-5-10(8)11/h3,5-6,11-12H,2,4,7H2,1H3,(H,17,20)(H,18,19)/t11?,12-/m0/s1. The molecule has 0 radical (unpaired) electrons. The van der Waals surface area contributed by atoms with Crippen LogP contribution in [0, 0.1) is 5.82 Å². The highest BCUT2D eigenvalue weighted by molar-refractivity contribution is 5.91. The summed E-state index contributed by atoms with van der Waals surface area (Å²) in [5.74, 6) is -3.37. The maximum atomic E-state index is 13.2. The number of carboxylic acid groups (broad SMARTS) is 1. The predicted octanol–water partition coefficient (Wildman–Crippen LogP) is 0.988. The van der Waals surface area contributed by atoms with E-state index in [0.29, 0.717) is 18.4 Å². The maximum Gasteiger partial charge on any atom is 0.328 e. The molecule has 0 spiro atoms. The van der Waals surface area contributed by atoms with Gasteiger partial charge in [-0.15, -0.1) is 0 Å². The molecule has 0 aliphatic heterocycles. The molecule has 2 rings (SSSR count). The molecule has 0 saturated heterocycles. The lowest BCUT2D eigenvalue weighted by Gasteiger charge is -2.18. The molecule has 1 amide bonds. The van der Waals surface area contributed by atoms with Crippen molar-refractivity contribution >= 4 is 17.8 Å². The third-order valence-corrected chi connectivity index (χ3v) is 3.68. The van der Waals surface area contributed by atoms with Crippen LogP contribution in [-0.4, -0.2) is 36.1 Å². The molecule has 1 aromatic rings. The molecule has 2 atom stereocenters. The van der Waals surface area contributed by atoms with Gasteiger partial charge in [-0.2, -0.15) is 0 Å². The van der Waals surface area contributed by atoms with Gasteiger partial charge in [0.25, 0.3) is 0 Å². The topological polar surface area (TPSA) is 92.7 Å². The molecule has 0 aromatic heterocycles. The van der Waals surface area contributed by atoms with Crippen LogP contribution < -0.4 is 5.32 Å². The zero-order valence-electron chi connectivity index (χ0n) is 12.0. The fraction of sp³-hybridized carbons (Fsp3) is 0.400. The molecule has 7 heteroatoms. The summed E-state index contributed by atoms with van der Waals surface area (Å²) in [6.45, 7) is 0. The summed E-state index contributed by atoms with van der Waals surface area (Å²) in [6.07, 6.45) is 0.500. The molecule has 0 fully saturated rings. The molecule has 0 bridgehead atoms. The van der Waals surface area contributed by atoms with Crippen LogP contribution in [0.1, 0.15) is 29.9 Å². The number of aliphatic carboxylic acids is 1. The molecule has 6 nitrogen and oxygen atoms in total. The summed E-state index contributed by atoms with van der Waals surface area (Å²) >= 11 is 0. The van der Waals surface area contributed by atoms with Gasteiger partial charge < -0.3 is 15.2 Å². The second-order valence-electron chi connectivity index (χ2n) is 5.12. The van der Waals surface area contributed by atoms with E-state index in [1.54, 1.807) is 6.07 Å². The van der Waals surface area contributed by atoms with Crippen LogP contribution in [0.2, 0.25) is 0 Å². The van der Waals surface area contributed by atoms with Crippen molar-refractivity contribution in [3.8, 4) is 0 Å². The van der Waals surface area contributed by atoms with Crippen molar-refractivity contribution in [3.05, 3.63) is 35.1 Å². The van der Waals surface area contributed by atoms with Gasteiger partial charge in [-0.3, -0.25) is 9.59 Å². The van der Waals surface area contributed by atoms with E-state index in [1.807, 2.05) is 0 Å². The predicted molar refractivity (Wildman–Crippen MR) is 73.7 cm³/mol. The molecule has 1 aliphatic carbocycles. The quantitative estimate of drug-likeness (QED) is 0.791. The molecule has 0 saturated carbocycles. The Balaban J connectivity index is 2.12. The number of carbonyl (C=O) groups is 3. The molecule has 1 unspecified atom stereocenters. The summed E-state index contributed by atoms with van der Waals surface area (Å²) < 4.78 is 17.7. The number of carbonyl (C=O) groups excluding carboxylic acids is 2. The van der Waals surface area contributed by atoms with Gasteiger partial charge in [0.15, 0.2) is 0 Å². The minimum absolute atomic E-state index is 0.363. The van der Waals surface area contributed by atoms with Gasteiger partial charge in [-0.05, 0) is 36.1 Å². The van der Waals surface area contributed by atoms with Crippen molar-refractivity contribution in [2.45, 2.75) is 31.2 Å². The molecule has 1 aliphatic rings. The van der Waals surface area contributed by atoms with Gasteiger partial charge in [0.05, 0.1) is 19.4 Å².